The maximum atomic E-state index is 11.3. The van der Waals surface area contributed by atoms with Crippen molar-refractivity contribution in [3.05, 3.63) is 92.4 Å². The summed E-state index contributed by atoms with van der Waals surface area (Å²) in [5, 5.41) is 13.3. The van der Waals surface area contributed by atoms with Crippen LogP contribution in [0, 0.1) is 6.92 Å². The lowest BCUT2D eigenvalue weighted by atomic mass is 10.1. The van der Waals surface area contributed by atoms with Gasteiger partial charge in [0.2, 0.25) is 0 Å². The summed E-state index contributed by atoms with van der Waals surface area (Å²) in [5.41, 5.74) is 3.76. The summed E-state index contributed by atoms with van der Waals surface area (Å²) >= 11 is 9.42. The van der Waals surface area contributed by atoms with E-state index in [4.69, 9.17) is 16.3 Å². The van der Waals surface area contributed by atoms with Gasteiger partial charge in [-0.1, -0.05) is 45.7 Å². The molecule has 3 rings (SSSR count). The highest BCUT2D eigenvalue weighted by molar-refractivity contribution is 9.10. The Kier molecular flexibility index (Phi) is 6.60. The molecule has 0 aromatic heterocycles. The lowest BCUT2D eigenvalue weighted by Gasteiger charge is -2.15. The number of hydrogen-bond donors (Lipinski definition) is 2. The van der Waals surface area contributed by atoms with Gasteiger partial charge in [-0.3, -0.25) is 0 Å². The van der Waals surface area contributed by atoms with Crippen molar-refractivity contribution in [2.24, 2.45) is 0 Å². The van der Waals surface area contributed by atoms with Crippen molar-refractivity contribution < 1.29 is 14.6 Å². The molecule has 4 nitrogen and oxygen atoms in total. The molecule has 0 spiro atoms. The Morgan fingerprint density at radius 1 is 1.14 bits per heavy atom. The fourth-order valence-corrected chi connectivity index (χ4v) is 3.35. The Morgan fingerprint density at radius 2 is 1.89 bits per heavy atom. The topological polar surface area (TPSA) is 58.6 Å². The molecule has 0 unspecified atom stereocenters. The van der Waals surface area contributed by atoms with Crippen molar-refractivity contribution in [2.75, 3.05) is 5.32 Å². The first-order valence-electron chi connectivity index (χ1n) is 8.66. The fraction of sp³-hybridized carbons (Fsp3) is 0.136. The number of aromatic carboxylic acids is 1. The van der Waals surface area contributed by atoms with E-state index >= 15 is 0 Å². The molecule has 0 aliphatic heterocycles. The molecule has 3 aromatic carbocycles. The normalized spacial score (nSPS) is 10.5. The van der Waals surface area contributed by atoms with Crippen LogP contribution in [-0.4, -0.2) is 11.1 Å². The molecule has 6 heteroatoms. The summed E-state index contributed by atoms with van der Waals surface area (Å²) in [6, 6.07) is 18.6. The quantitative estimate of drug-likeness (QED) is 0.434. The maximum Gasteiger partial charge on any atom is 0.336 e. The largest absolute Gasteiger partial charge is 0.489 e. The van der Waals surface area contributed by atoms with Gasteiger partial charge in [0.15, 0.2) is 0 Å². The summed E-state index contributed by atoms with van der Waals surface area (Å²) in [7, 11) is 0. The summed E-state index contributed by atoms with van der Waals surface area (Å²) in [6.45, 7) is 2.73. The van der Waals surface area contributed by atoms with Crippen LogP contribution in [0.2, 0.25) is 5.02 Å². The molecule has 0 saturated heterocycles. The Bertz CT molecular complexity index is 990. The van der Waals surface area contributed by atoms with Crippen LogP contribution in [0.5, 0.6) is 5.75 Å². The number of hydrogen-bond acceptors (Lipinski definition) is 3. The summed E-state index contributed by atoms with van der Waals surface area (Å²) in [4.78, 5) is 11.3. The van der Waals surface area contributed by atoms with Crippen LogP contribution < -0.4 is 10.1 Å². The van der Waals surface area contributed by atoms with Crippen molar-refractivity contribution >= 4 is 39.2 Å². The van der Waals surface area contributed by atoms with E-state index in [1.54, 1.807) is 19.1 Å². The molecule has 2 N–H and O–H groups in total. The summed E-state index contributed by atoms with van der Waals surface area (Å²) in [5.74, 6) is -0.173. The SMILES string of the molecule is Cc1c(NCc2cc(Br)ccc2OCc2ccc(Cl)cc2)cccc1C(=O)O. The third kappa shape index (κ3) is 5.06. The van der Waals surface area contributed by atoms with Crippen LogP contribution in [0.4, 0.5) is 5.69 Å². The van der Waals surface area contributed by atoms with Gasteiger partial charge < -0.3 is 15.2 Å². The number of ether oxygens (including phenoxy) is 1. The fourth-order valence-electron chi connectivity index (χ4n) is 2.82. The van der Waals surface area contributed by atoms with E-state index in [9.17, 15) is 9.90 Å². The number of nitrogens with one attached hydrogen (secondary N) is 1. The molecule has 0 amide bonds. The van der Waals surface area contributed by atoms with E-state index in [2.05, 4.69) is 21.2 Å². The predicted molar refractivity (Wildman–Crippen MR) is 115 cm³/mol. The maximum absolute atomic E-state index is 11.3. The third-order valence-electron chi connectivity index (χ3n) is 4.36. The van der Waals surface area contributed by atoms with Crippen molar-refractivity contribution in [3.63, 3.8) is 0 Å². The molecule has 0 fully saturated rings. The molecule has 144 valence electrons. The number of carboxylic acids is 1. The van der Waals surface area contributed by atoms with Crippen LogP contribution in [0.3, 0.4) is 0 Å². The van der Waals surface area contributed by atoms with Crippen molar-refractivity contribution in [2.45, 2.75) is 20.1 Å². The first-order valence-corrected chi connectivity index (χ1v) is 9.83. The minimum Gasteiger partial charge on any atom is -0.489 e. The zero-order chi connectivity index (χ0) is 20.1. The lowest BCUT2D eigenvalue weighted by molar-refractivity contribution is 0.0696. The summed E-state index contributed by atoms with van der Waals surface area (Å²) < 4.78 is 6.94. The molecule has 0 bridgehead atoms. The minimum absolute atomic E-state index is 0.290. The molecule has 0 atom stereocenters. The van der Waals surface area contributed by atoms with E-state index in [0.717, 1.165) is 27.0 Å². The molecular formula is C22H19BrClNO3. The molecule has 0 aliphatic carbocycles. The zero-order valence-corrected chi connectivity index (χ0v) is 17.5. The van der Waals surface area contributed by atoms with Gasteiger partial charge >= 0.3 is 5.97 Å². The van der Waals surface area contributed by atoms with Crippen LogP contribution in [0.25, 0.3) is 0 Å². The molecule has 0 heterocycles. The Balaban J connectivity index is 1.75. The standard InChI is InChI=1S/C22H19BrClNO3/c1-14-19(22(26)27)3-2-4-20(14)25-12-16-11-17(23)7-10-21(16)28-13-15-5-8-18(24)9-6-15/h2-11,25H,12-13H2,1H3,(H,26,27). The Hall–Kier alpha value is -2.50. The third-order valence-corrected chi connectivity index (χ3v) is 5.11. The minimum atomic E-state index is -0.935. The monoisotopic (exact) mass is 459 g/mol. The van der Waals surface area contributed by atoms with Crippen molar-refractivity contribution in [1.29, 1.82) is 0 Å². The highest BCUT2D eigenvalue weighted by Crippen LogP contribution is 2.27. The zero-order valence-electron chi connectivity index (χ0n) is 15.2. The average Bonchev–Trinajstić information content (AvgIpc) is 2.67. The van der Waals surface area contributed by atoms with E-state index in [0.29, 0.717) is 29.3 Å². The van der Waals surface area contributed by atoms with E-state index in [1.165, 1.54) is 0 Å². The predicted octanol–water partition coefficient (Wildman–Crippen LogP) is 6.30. The lowest BCUT2D eigenvalue weighted by Crippen LogP contribution is -2.07. The second-order valence-electron chi connectivity index (χ2n) is 6.30. The van der Waals surface area contributed by atoms with Crippen molar-refractivity contribution in [1.82, 2.24) is 0 Å². The van der Waals surface area contributed by atoms with Crippen LogP contribution >= 0.6 is 27.5 Å². The number of carbonyl (C=O) groups is 1. The average molecular weight is 461 g/mol. The van der Waals surface area contributed by atoms with Crippen LogP contribution in [-0.2, 0) is 13.2 Å². The Labute approximate surface area is 177 Å². The Morgan fingerprint density at radius 3 is 2.61 bits per heavy atom. The van der Waals surface area contributed by atoms with Gasteiger partial charge in [-0.05, 0) is 60.5 Å². The highest BCUT2D eigenvalue weighted by atomic mass is 79.9. The van der Waals surface area contributed by atoms with E-state index in [-0.39, 0.29) is 0 Å². The number of rotatable bonds is 7. The first kappa shape index (κ1) is 20.2. The van der Waals surface area contributed by atoms with Crippen LogP contribution in [0.15, 0.2) is 65.1 Å². The van der Waals surface area contributed by atoms with E-state index < -0.39 is 5.97 Å². The van der Waals surface area contributed by atoms with Crippen LogP contribution in [0.1, 0.15) is 27.0 Å². The highest BCUT2D eigenvalue weighted by Gasteiger charge is 2.11. The molecule has 0 radical (unpaired) electrons. The molecule has 3 aromatic rings. The van der Waals surface area contributed by atoms with Gasteiger partial charge in [0, 0.05) is 27.3 Å². The second kappa shape index (κ2) is 9.13. The van der Waals surface area contributed by atoms with E-state index in [1.807, 2.05) is 48.5 Å². The van der Waals surface area contributed by atoms with Gasteiger partial charge in [-0.2, -0.15) is 0 Å². The molecule has 0 saturated carbocycles. The smallest absolute Gasteiger partial charge is 0.336 e. The van der Waals surface area contributed by atoms with Gasteiger partial charge in [0.05, 0.1) is 5.56 Å². The first-order chi connectivity index (χ1) is 13.4. The molecular weight excluding hydrogens is 442 g/mol. The molecule has 0 aliphatic rings. The van der Waals surface area contributed by atoms with Gasteiger partial charge in [-0.25, -0.2) is 4.79 Å². The molecule has 28 heavy (non-hydrogen) atoms. The van der Waals surface area contributed by atoms with Gasteiger partial charge in [0.25, 0.3) is 0 Å². The summed E-state index contributed by atoms with van der Waals surface area (Å²) in [6.07, 6.45) is 0. The number of carboxylic acid groups (broad SMARTS) is 1. The second-order valence-corrected chi connectivity index (χ2v) is 7.66. The number of benzene rings is 3. The number of anilines is 1. The number of halogens is 2. The van der Waals surface area contributed by atoms with Gasteiger partial charge in [0.1, 0.15) is 12.4 Å². The van der Waals surface area contributed by atoms with Crippen molar-refractivity contribution in [3.8, 4) is 5.75 Å². The van der Waals surface area contributed by atoms with Gasteiger partial charge in [-0.15, -0.1) is 0 Å².